The maximum absolute atomic E-state index is 12.6. The van der Waals surface area contributed by atoms with E-state index in [0.29, 0.717) is 24.2 Å². The highest BCUT2D eigenvalue weighted by molar-refractivity contribution is 5.97. The van der Waals surface area contributed by atoms with Gasteiger partial charge in [-0.05, 0) is 36.2 Å². The summed E-state index contributed by atoms with van der Waals surface area (Å²) < 4.78 is 3.85. The van der Waals surface area contributed by atoms with Gasteiger partial charge < -0.3 is 9.67 Å². The maximum Gasteiger partial charge on any atom is 0.269 e. The van der Waals surface area contributed by atoms with E-state index in [-0.39, 0.29) is 11.5 Å². The highest BCUT2D eigenvalue weighted by atomic mass is 16.6. The number of aromatic nitrogens is 2. The molecule has 7 nitrogen and oxygen atoms in total. The summed E-state index contributed by atoms with van der Waals surface area (Å²) in [6.07, 6.45) is 5.34. The van der Waals surface area contributed by atoms with E-state index in [1.54, 1.807) is 18.2 Å². The lowest BCUT2D eigenvalue weighted by Gasteiger charge is -2.27. The van der Waals surface area contributed by atoms with Crippen molar-refractivity contribution in [1.29, 1.82) is 0 Å². The van der Waals surface area contributed by atoms with Gasteiger partial charge in [0.15, 0.2) is 24.7 Å². The minimum Gasteiger partial charge on any atom is -0.388 e. The summed E-state index contributed by atoms with van der Waals surface area (Å²) in [5, 5.41) is 21.5. The summed E-state index contributed by atoms with van der Waals surface area (Å²) in [6, 6.07) is 13.7. The third-order valence-corrected chi connectivity index (χ3v) is 5.25. The van der Waals surface area contributed by atoms with Crippen molar-refractivity contribution in [3.63, 3.8) is 0 Å². The number of pyridine rings is 1. The molecule has 0 radical (unpaired) electrons. The summed E-state index contributed by atoms with van der Waals surface area (Å²) in [7, 11) is 0. The Morgan fingerprint density at radius 1 is 1.18 bits per heavy atom. The van der Waals surface area contributed by atoms with E-state index in [4.69, 9.17) is 0 Å². The average Bonchev–Trinajstić information content (AvgIpc) is 3.19. The lowest BCUT2D eigenvalue weighted by atomic mass is 9.86. The van der Waals surface area contributed by atoms with E-state index in [1.807, 2.05) is 45.9 Å². The first-order valence-electron chi connectivity index (χ1n) is 9.12. The van der Waals surface area contributed by atoms with E-state index in [9.17, 15) is 20.0 Å². The fraction of sp³-hybridized carbons (Fsp3) is 0.238. The molecular weight excluding hydrogens is 358 g/mol. The molecule has 7 heteroatoms. The number of non-ortho nitro benzene ring substituents is 1. The number of aliphatic hydroxyl groups excluding tert-OH is 1. The van der Waals surface area contributed by atoms with Crippen molar-refractivity contribution >= 4 is 11.5 Å². The Balaban J connectivity index is 1.45. The first-order chi connectivity index (χ1) is 13.5. The van der Waals surface area contributed by atoms with Crippen LogP contribution in [0.25, 0.3) is 0 Å². The highest BCUT2D eigenvalue weighted by Crippen LogP contribution is 2.31. The molecule has 0 spiro atoms. The fourth-order valence-corrected chi connectivity index (χ4v) is 3.67. The summed E-state index contributed by atoms with van der Waals surface area (Å²) in [6.45, 7) is 1.28. The smallest absolute Gasteiger partial charge is 0.269 e. The number of ketones is 1. The second kappa shape index (κ2) is 7.36. The molecule has 1 aromatic carbocycles. The molecule has 142 valence electrons. The Morgan fingerprint density at radius 2 is 1.89 bits per heavy atom. The summed E-state index contributed by atoms with van der Waals surface area (Å²) in [5.41, 5.74) is 2.36. The van der Waals surface area contributed by atoms with E-state index >= 15 is 0 Å². The van der Waals surface area contributed by atoms with Crippen LogP contribution in [0.4, 0.5) is 5.69 Å². The van der Waals surface area contributed by atoms with Crippen LogP contribution in [0.5, 0.6) is 0 Å². The van der Waals surface area contributed by atoms with Gasteiger partial charge in [-0.1, -0.05) is 0 Å². The van der Waals surface area contributed by atoms with E-state index in [1.165, 1.54) is 12.1 Å². The first-order valence-corrected chi connectivity index (χ1v) is 9.12. The molecule has 2 atom stereocenters. The fourth-order valence-electron chi connectivity index (χ4n) is 3.67. The normalized spacial score (nSPS) is 17.2. The zero-order chi connectivity index (χ0) is 19.7. The van der Waals surface area contributed by atoms with E-state index in [2.05, 4.69) is 0 Å². The van der Waals surface area contributed by atoms with Gasteiger partial charge in [0.2, 0.25) is 0 Å². The van der Waals surface area contributed by atoms with Crippen molar-refractivity contribution in [3.8, 4) is 0 Å². The van der Waals surface area contributed by atoms with Crippen LogP contribution in [0.2, 0.25) is 0 Å². The number of nitrogens with zero attached hydrogens (tertiary/aromatic N) is 3. The molecule has 0 saturated carbocycles. The van der Waals surface area contributed by atoms with Gasteiger partial charge in [-0.3, -0.25) is 14.9 Å². The number of carbonyl (C=O) groups excluding carboxylic acids is 1. The van der Waals surface area contributed by atoms with Gasteiger partial charge >= 0.3 is 0 Å². The molecule has 2 unspecified atom stereocenters. The van der Waals surface area contributed by atoms with Crippen LogP contribution < -0.4 is 4.57 Å². The molecule has 0 aliphatic carbocycles. The van der Waals surface area contributed by atoms with Crippen molar-refractivity contribution < 1.29 is 19.4 Å². The van der Waals surface area contributed by atoms with E-state index in [0.717, 1.165) is 12.1 Å². The average molecular weight is 378 g/mol. The summed E-state index contributed by atoms with van der Waals surface area (Å²) >= 11 is 0. The Bertz CT molecular complexity index is 1010. The number of Topliss-reactive ketones (excluding diaryl/α,β-unsaturated/α-hetero) is 1. The SMILES string of the molecule is O=C1c2cccn2CCC1C(O)c1cc[n+](Cc2ccc([N+](=O)[O-])cc2)cc1. The Kier molecular flexibility index (Phi) is 4.75. The minimum absolute atomic E-state index is 0.0219. The number of hydrogen-bond donors (Lipinski definition) is 1. The third-order valence-electron chi connectivity index (χ3n) is 5.25. The molecule has 1 N–H and O–H groups in total. The number of hydrogen-bond acceptors (Lipinski definition) is 4. The second-order valence-corrected chi connectivity index (χ2v) is 7.02. The van der Waals surface area contributed by atoms with Crippen LogP contribution >= 0.6 is 0 Å². The Labute approximate surface area is 161 Å². The molecule has 0 bridgehead atoms. The summed E-state index contributed by atoms with van der Waals surface area (Å²) in [4.78, 5) is 23.0. The molecule has 1 aliphatic heterocycles. The van der Waals surface area contributed by atoms with Crippen molar-refractivity contribution in [2.24, 2.45) is 5.92 Å². The predicted molar refractivity (Wildman–Crippen MR) is 101 cm³/mol. The number of rotatable bonds is 5. The minimum atomic E-state index is -0.842. The van der Waals surface area contributed by atoms with Crippen LogP contribution in [0, 0.1) is 16.0 Å². The highest BCUT2D eigenvalue weighted by Gasteiger charge is 2.33. The molecule has 3 heterocycles. The van der Waals surface area contributed by atoms with Gasteiger partial charge in [-0.25, -0.2) is 4.57 Å². The van der Waals surface area contributed by atoms with Gasteiger partial charge in [-0.2, -0.15) is 0 Å². The van der Waals surface area contributed by atoms with Crippen molar-refractivity contribution in [1.82, 2.24) is 4.57 Å². The number of nitro benzene ring substituents is 1. The number of benzene rings is 1. The maximum atomic E-state index is 12.6. The second-order valence-electron chi connectivity index (χ2n) is 7.02. The molecule has 28 heavy (non-hydrogen) atoms. The van der Waals surface area contributed by atoms with Crippen molar-refractivity contribution in [2.45, 2.75) is 25.6 Å². The number of aryl methyl sites for hydroxylation is 1. The first kappa shape index (κ1) is 18.1. The lowest BCUT2D eigenvalue weighted by molar-refractivity contribution is -0.688. The number of fused-ring (bicyclic) bond motifs is 1. The molecule has 0 saturated heterocycles. The standard InChI is InChI=1S/C21H20N3O4/c25-20(18-9-13-23-10-1-2-19(23)21(18)26)16-7-11-22(12-8-16)14-15-3-5-17(6-4-15)24(27)28/h1-8,10-12,18,20,25H,9,13-14H2/q+1. The van der Waals surface area contributed by atoms with Crippen LogP contribution in [0.1, 0.15) is 34.1 Å². The molecule has 0 amide bonds. The zero-order valence-corrected chi connectivity index (χ0v) is 15.1. The lowest BCUT2D eigenvalue weighted by Crippen LogP contribution is -2.34. The molecule has 3 aromatic rings. The van der Waals surface area contributed by atoms with Crippen molar-refractivity contribution in [3.05, 3.63) is 94.1 Å². The van der Waals surface area contributed by atoms with Crippen molar-refractivity contribution in [2.75, 3.05) is 0 Å². The van der Waals surface area contributed by atoms with Crippen LogP contribution in [-0.4, -0.2) is 20.4 Å². The molecular formula is C21H20N3O4+. The molecule has 2 aromatic heterocycles. The van der Waals surface area contributed by atoms with Gasteiger partial charge in [0.05, 0.1) is 22.6 Å². The quantitative estimate of drug-likeness (QED) is 0.420. The van der Waals surface area contributed by atoms with Gasteiger partial charge in [0.1, 0.15) is 0 Å². The van der Waals surface area contributed by atoms with Crippen LogP contribution in [0.15, 0.2) is 67.1 Å². The molecule has 4 rings (SSSR count). The molecule has 0 fully saturated rings. The van der Waals surface area contributed by atoms with Crippen LogP contribution in [0.3, 0.4) is 0 Å². The monoisotopic (exact) mass is 378 g/mol. The Hall–Kier alpha value is -3.32. The van der Waals surface area contributed by atoms with Crippen LogP contribution in [-0.2, 0) is 13.1 Å². The number of nitro groups is 1. The topological polar surface area (TPSA) is 89.2 Å². The Morgan fingerprint density at radius 3 is 2.57 bits per heavy atom. The number of aliphatic hydroxyl groups is 1. The third kappa shape index (κ3) is 3.44. The largest absolute Gasteiger partial charge is 0.388 e. The van der Waals surface area contributed by atoms with Gasteiger partial charge in [0, 0.05) is 42.6 Å². The predicted octanol–water partition coefficient (Wildman–Crippen LogP) is 2.67. The van der Waals surface area contributed by atoms with Gasteiger partial charge in [0.25, 0.3) is 5.69 Å². The zero-order valence-electron chi connectivity index (χ0n) is 15.1. The van der Waals surface area contributed by atoms with E-state index < -0.39 is 16.9 Å². The van der Waals surface area contributed by atoms with Gasteiger partial charge in [-0.15, -0.1) is 0 Å². The number of carbonyl (C=O) groups is 1. The summed E-state index contributed by atoms with van der Waals surface area (Å²) in [5.74, 6) is -0.459. The molecule has 1 aliphatic rings.